The number of carbonyl (C=O) groups excluding carboxylic acids is 1. The van der Waals surface area contributed by atoms with Gasteiger partial charge >= 0.3 is 0 Å². The predicted octanol–water partition coefficient (Wildman–Crippen LogP) is 3.35. The minimum Gasteiger partial charge on any atom is -0.493 e. The Labute approximate surface area is 135 Å². The minimum atomic E-state index is -0.177. The number of hydrogen-bond acceptors (Lipinski definition) is 5. The first-order valence-electron chi connectivity index (χ1n) is 5.80. The molecule has 1 amide bonds. The van der Waals surface area contributed by atoms with Crippen LogP contribution in [-0.4, -0.2) is 23.9 Å². The van der Waals surface area contributed by atoms with Gasteiger partial charge in [0.2, 0.25) is 0 Å². The fraction of sp³-hybridized carbons (Fsp3) is 0.231. The number of rotatable bonds is 4. The molecule has 20 heavy (non-hydrogen) atoms. The highest BCUT2D eigenvalue weighted by molar-refractivity contribution is 9.10. The molecule has 0 unspecified atom stereocenters. The van der Waals surface area contributed by atoms with Gasteiger partial charge in [0, 0.05) is 0 Å². The lowest BCUT2D eigenvalue weighted by molar-refractivity contribution is -0.115. The summed E-state index contributed by atoms with van der Waals surface area (Å²) in [4.78, 5) is 12.2. The highest BCUT2D eigenvalue weighted by Gasteiger charge is 2.22. The Kier molecular flexibility index (Phi) is 5.06. The van der Waals surface area contributed by atoms with Gasteiger partial charge in [0.15, 0.2) is 11.5 Å². The molecule has 1 aromatic carbocycles. The van der Waals surface area contributed by atoms with Gasteiger partial charge in [-0.15, -0.1) is 0 Å². The number of nitrogens with one attached hydrogen (secondary N) is 1. The van der Waals surface area contributed by atoms with Crippen molar-refractivity contribution in [2.45, 2.75) is 6.92 Å². The number of thiocarbonyl (C=S) groups is 1. The number of carbonyl (C=O) groups is 1. The van der Waals surface area contributed by atoms with Crippen LogP contribution in [0, 0.1) is 0 Å². The minimum absolute atomic E-state index is 0.177. The first kappa shape index (κ1) is 15.3. The van der Waals surface area contributed by atoms with Crippen molar-refractivity contribution in [2.24, 2.45) is 0 Å². The Morgan fingerprint density at radius 2 is 2.25 bits per heavy atom. The monoisotopic (exact) mass is 373 g/mol. The highest BCUT2D eigenvalue weighted by atomic mass is 79.9. The molecule has 1 saturated heterocycles. The summed E-state index contributed by atoms with van der Waals surface area (Å²) in [6, 6.07) is 3.69. The van der Waals surface area contributed by atoms with Crippen LogP contribution in [0.1, 0.15) is 12.5 Å². The lowest BCUT2D eigenvalue weighted by Gasteiger charge is -2.12. The van der Waals surface area contributed by atoms with E-state index in [9.17, 15) is 4.79 Å². The number of benzene rings is 1. The Morgan fingerprint density at radius 3 is 2.80 bits per heavy atom. The van der Waals surface area contributed by atoms with E-state index in [1.807, 2.05) is 19.1 Å². The molecule has 0 radical (unpaired) electrons. The third-order valence-corrected chi connectivity index (χ3v) is 4.23. The van der Waals surface area contributed by atoms with Crippen LogP contribution in [-0.2, 0) is 4.79 Å². The Morgan fingerprint density at radius 1 is 1.50 bits per heavy atom. The van der Waals surface area contributed by atoms with Gasteiger partial charge in [-0.2, -0.15) is 0 Å². The summed E-state index contributed by atoms with van der Waals surface area (Å²) in [7, 11) is 1.58. The summed E-state index contributed by atoms with van der Waals surface area (Å²) in [6.07, 6.45) is 1.77. The van der Waals surface area contributed by atoms with Crippen LogP contribution < -0.4 is 14.8 Å². The molecule has 4 nitrogen and oxygen atoms in total. The van der Waals surface area contributed by atoms with Gasteiger partial charge in [-0.3, -0.25) is 4.79 Å². The van der Waals surface area contributed by atoms with E-state index in [1.54, 1.807) is 13.2 Å². The molecule has 2 rings (SSSR count). The van der Waals surface area contributed by atoms with Crippen LogP contribution in [0.15, 0.2) is 21.5 Å². The van der Waals surface area contributed by atoms with Crippen LogP contribution in [0.4, 0.5) is 0 Å². The zero-order valence-electron chi connectivity index (χ0n) is 10.9. The lowest BCUT2D eigenvalue weighted by Crippen LogP contribution is -2.17. The van der Waals surface area contributed by atoms with Crippen LogP contribution in [0.2, 0.25) is 0 Å². The number of thioether (sulfide) groups is 1. The topological polar surface area (TPSA) is 47.6 Å². The number of hydrogen-bond donors (Lipinski definition) is 1. The molecule has 0 atom stereocenters. The third kappa shape index (κ3) is 3.34. The quantitative estimate of drug-likeness (QED) is 0.647. The van der Waals surface area contributed by atoms with Crippen LogP contribution in [0.5, 0.6) is 11.5 Å². The summed E-state index contributed by atoms with van der Waals surface area (Å²) < 4.78 is 12.1. The van der Waals surface area contributed by atoms with E-state index in [4.69, 9.17) is 21.7 Å². The first-order valence-corrected chi connectivity index (χ1v) is 7.82. The molecule has 1 fully saturated rings. The molecule has 1 aromatic rings. The largest absolute Gasteiger partial charge is 0.493 e. The number of amides is 1. The lowest BCUT2D eigenvalue weighted by atomic mass is 10.2. The summed E-state index contributed by atoms with van der Waals surface area (Å²) in [5.41, 5.74) is 0.833. The maximum Gasteiger partial charge on any atom is 0.263 e. The van der Waals surface area contributed by atoms with Crippen molar-refractivity contribution < 1.29 is 14.3 Å². The molecule has 0 aromatic heterocycles. The number of methoxy groups -OCH3 is 1. The molecule has 1 aliphatic rings. The summed E-state index contributed by atoms with van der Waals surface area (Å²) in [5, 5.41) is 2.58. The second-order valence-corrected chi connectivity index (χ2v) is 6.39. The normalized spacial score (nSPS) is 16.4. The summed E-state index contributed by atoms with van der Waals surface area (Å²) in [6.45, 7) is 2.45. The van der Waals surface area contributed by atoms with Crippen molar-refractivity contribution in [1.29, 1.82) is 0 Å². The molecule has 1 aliphatic heterocycles. The van der Waals surface area contributed by atoms with Crippen molar-refractivity contribution in [3.05, 3.63) is 27.1 Å². The van der Waals surface area contributed by atoms with E-state index in [-0.39, 0.29) is 5.91 Å². The van der Waals surface area contributed by atoms with Crippen molar-refractivity contribution in [1.82, 2.24) is 5.32 Å². The van der Waals surface area contributed by atoms with Gasteiger partial charge in [-0.1, -0.05) is 24.0 Å². The fourth-order valence-electron chi connectivity index (χ4n) is 1.68. The molecule has 0 aliphatic carbocycles. The van der Waals surface area contributed by atoms with E-state index in [1.165, 1.54) is 11.8 Å². The molecule has 1 heterocycles. The van der Waals surface area contributed by atoms with Gasteiger partial charge in [-0.05, 0) is 46.6 Å². The van der Waals surface area contributed by atoms with Crippen molar-refractivity contribution in [3.63, 3.8) is 0 Å². The molecular weight excluding hydrogens is 362 g/mol. The smallest absolute Gasteiger partial charge is 0.263 e. The van der Waals surface area contributed by atoms with Gasteiger partial charge in [0.25, 0.3) is 5.91 Å². The van der Waals surface area contributed by atoms with Crippen molar-refractivity contribution >= 4 is 56.2 Å². The van der Waals surface area contributed by atoms with Crippen LogP contribution in [0.3, 0.4) is 0 Å². The third-order valence-electron chi connectivity index (χ3n) is 2.48. The average molecular weight is 374 g/mol. The Hall–Kier alpha value is -1.05. The maximum atomic E-state index is 11.6. The van der Waals surface area contributed by atoms with Crippen molar-refractivity contribution in [3.8, 4) is 11.5 Å². The Balaban J connectivity index is 2.39. The molecular formula is C13H12BrNO3S2. The number of ether oxygens (including phenoxy) is 2. The standard InChI is InChI=1S/C13H12BrNO3S2/c1-3-18-11-8(14)4-7(5-9(11)17-2)6-10-12(16)15-13(19)20-10/h4-6H,3H2,1-2H3,(H,15,16,19). The van der Waals surface area contributed by atoms with E-state index >= 15 is 0 Å². The second-order valence-electron chi connectivity index (χ2n) is 3.82. The van der Waals surface area contributed by atoms with Gasteiger partial charge < -0.3 is 14.8 Å². The molecule has 1 N–H and O–H groups in total. The van der Waals surface area contributed by atoms with Crippen LogP contribution >= 0.6 is 39.9 Å². The Bertz CT molecular complexity index is 602. The molecule has 7 heteroatoms. The van der Waals surface area contributed by atoms with Gasteiger partial charge in [-0.25, -0.2) is 0 Å². The second kappa shape index (κ2) is 6.60. The zero-order chi connectivity index (χ0) is 14.7. The molecule has 0 saturated carbocycles. The van der Waals surface area contributed by atoms with E-state index in [2.05, 4.69) is 21.2 Å². The molecule has 0 spiro atoms. The van der Waals surface area contributed by atoms with Crippen LogP contribution in [0.25, 0.3) is 6.08 Å². The zero-order valence-corrected chi connectivity index (χ0v) is 14.1. The molecule has 106 valence electrons. The number of halogens is 1. The van der Waals surface area contributed by atoms with Gasteiger partial charge in [0.05, 0.1) is 23.1 Å². The summed E-state index contributed by atoms with van der Waals surface area (Å²) >= 11 is 9.65. The van der Waals surface area contributed by atoms with E-state index in [0.717, 1.165) is 10.0 Å². The van der Waals surface area contributed by atoms with Gasteiger partial charge in [0.1, 0.15) is 4.32 Å². The SMILES string of the molecule is CCOc1c(Br)cc(C=C2SC(=S)NC2=O)cc1OC. The van der Waals surface area contributed by atoms with Crippen molar-refractivity contribution in [2.75, 3.05) is 13.7 Å². The predicted molar refractivity (Wildman–Crippen MR) is 88.2 cm³/mol. The molecule has 0 bridgehead atoms. The maximum absolute atomic E-state index is 11.6. The highest BCUT2D eigenvalue weighted by Crippen LogP contribution is 2.38. The first-order chi connectivity index (χ1) is 9.55. The fourth-order valence-corrected chi connectivity index (χ4v) is 3.30. The van der Waals surface area contributed by atoms with E-state index in [0.29, 0.717) is 27.3 Å². The van der Waals surface area contributed by atoms with E-state index < -0.39 is 0 Å². The summed E-state index contributed by atoms with van der Waals surface area (Å²) in [5.74, 6) is 1.08. The average Bonchev–Trinajstić information content (AvgIpc) is 2.70.